The van der Waals surface area contributed by atoms with Gasteiger partial charge in [0.25, 0.3) is 0 Å². The first-order chi connectivity index (χ1) is 11.9. The summed E-state index contributed by atoms with van der Waals surface area (Å²) in [7, 11) is -3.97. The SMILES string of the molecule is Cc1cc(S(=O)(=O)c2ccc(F)c(F)c2)cc2c3c(oc12)CCNC3. The van der Waals surface area contributed by atoms with Gasteiger partial charge in [-0.3, -0.25) is 0 Å². The number of furan rings is 1. The molecule has 2 aromatic carbocycles. The molecule has 0 fully saturated rings. The van der Waals surface area contributed by atoms with Crippen molar-refractivity contribution < 1.29 is 21.6 Å². The number of hydrogen-bond donors (Lipinski definition) is 1. The second kappa shape index (κ2) is 5.64. The van der Waals surface area contributed by atoms with Crippen LogP contribution in [-0.2, 0) is 22.8 Å². The molecule has 4 rings (SSSR count). The van der Waals surface area contributed by atoms with Gasteiger partial charge < -0.3 is 9.73 Å². The van der Waals surface area contributed by atoms with Gasteiger partial charge in [0.2, 0.25) is 9.84 Å². The van der Waals surface area contributed by atoms with Gasteiger partial charge in [0.15, 0.2) is 11.6 Å². The number of rotatable bonds is 2. The maximum Gasteiger partial charge on any atom is 0.206 e. The van der Waals surface area contributed by atoms with Crippen molar-refractivity contribution in [3.63, 3.8) is 0 Å². The highest BCUT2D eigenvalue weighted by Gasteiger charge is 2.24. The van der Waals surface area contributed by atoms with E-state index in [2.05, 4.69) is 5.32 Å². The number of aryl methyl sites for hydroxylation is 1. The molecule has 3 aromatic rings. The lowest BCUT2D eigenvalue weighted by Crippen LogP contribution is -2.22. The Balaban J connectivity index is 1.92. The van der Waals surface area contributed by atoms with Crippen molar-refractivity contribution in [1.82, 2.24) is 5.32 Å². The molecule has 0 unspecified atom stereocenters. The Bertz CT molecular complexity index is 1100. The van der Waals surface area contributed by atoms with Crippen LogP contribution in [0, 0.1) is 18.6 Å². The molecule has 2 heterocycles. The van der Waals surface area contributed by atoms with Crippen LogP contribution in [0.2, 0.25) is 0 Å². The predicted octanol–water partition coefficient (Wildman–Crippen LogP) is 3.50. The third-order valence-corrected chi connectivity index (χ3v) is 6.21. The minimum atomic E-state index is -3.97. The molecule has 4 nitrogen and oxygen atoms in total. The zero-order valence-electron chi connectivity index (χ0n) is 13.4. The predicted molar refractivity (Wildman–Crippen MR) is 88.2 cm³/mol. The van der Waals surface area contributed by atoms with Gasteiger partial charge in [-0.15, -0.1) is 0 Å². The number of fused-ring (bicyclic) bond motifs is 3. The fourth-order valence-electron chi connectivity index (χ4n) is 3.18. The van der Waals surface area contributed by atoms with Crippen LogP contribution in [0.3, 0.4) is 0 Å². The third-order valence-electron chi connectivity index (χ3n) is 4.48. The Kier molecular flexibility index (Phi) is 3.66. The van der Waals surface area contributed by atoms with Crippen LogP contribution < -0.4 is 5.32 Å². The van der Waals surface area contributed by atoms with E-state index < -0.39 is 21.5 Å². The molecule has 0 saturated carbocycles. The summed E-state index contributed by atoms with van der Waals surface area (Å²) in [4.78, 5) is -0.238. The van der Waals surface area contributed by atoms with E-state index in [9.17, 15) is 17.2 Å². The highest BCUT2D eigenvalue weighted by atomic mass is 32.2. The molecule has 0 bridgehead atoms. The van der Waals surface area contributed by atoms with Crippen LogP contribution >= 0.6 is 0 Å². The molecule has 130 valence electrons. The molecule has 0 atom stereocenters. The fraction of sp³-hybridized carbons (Fsp3) is 0.222. The molecular formula is C18H15F2NO3S. The second-order valence-corrected chi connectivity index (χ2v) is 8.08. The second-order valence-electron chi connectivity index (χ2n) is 6.13. The van der Waals surface area contributed by atoms with Crippen LogP contribution in [-0.4, -0.2) is 15.0 Å². The van der Waals surface area contributed by atoms with Gasteiger partial charge in [-0.2, -0.15) is 0 Å². The first kappa shape index (κ1) is 16.2. The summed E-state index contributed by atoms with van der Waals surface area (Å²) in [5.41, 5.74) is 2.30. The maximum absolute atomic E-state index is 13.5. The normalized spacial score (nSPS) is 14.7. The monoisotopic (exact) mass is 363 g/mol. The number of sulfone groups is 1. The zero-order valence-corrected chi connectivity index (χ0v) is 14.2. The van der Waals surface area contributed by atoms with Gasteiger partial charge >= 0.3 is 0 Å². The average Bonchev–Trinajstić information content (AvgIpc) is 2.97. The minimum absolute atomic E-state index is 0.0395. The molecule has 1 aliphatic rings. The molecule has 1 aliphatic heterocycles. The summed E-state index contributed by atoms with van der Waals surface area (Å²) >= 11 is 0. The quantitative estimate of drug-likeness (QED) is 0.708. The molecule has 0 spiro atoms. The van der Waals surface area contributed by atoms with E-state index in [1.165, 1.54) is 6.07 Å². The van der Waals surface area contributed by atoms with E-state index in [-0.39, 0.29) is 9.79 Å². The standard InChI is InChI=1S/C18H15F2NO3S/c1-10-6-12(25(22,23)11-2-3-15(19)16(20)8-11)7-13-14-9-21-5-4-17(14)24-18(10)13/h2-3,6-8,21H,4-5,9H2,1H3. The van der Waals surface area contributed by atoms with Crippen molar-refractivity contribution in [3.05, 3.63) is 58.9 Å². The number of benzene rings is 2. The molecular weight excluding hydrogens is 348 g/mol. The van der Waals surface area contributed by atoms with Gasteiger partial charge in [0, 0.05) is 30.5 Å². The van der Waals surface area contributed by atoms with E-state index in [1.807, 2.05) is 0 Å². The van der Waals surface area contributed by atoms with Gasteiger partial charge in [-0.1, -0.05) is 0 Å². The average molecular weight is 363 g/mol. The largest absolute Gasteiger partial charge is 0.460 e. The van der Waals surface area contributed by atoms with E-state index in [0.717, 1.165) is 41.8 Å². The minimum Gasteiger partial charge on any atom is -0.460 e. The number of nitrogens with one attached hydrogen (secondary N) is 1. The van der Waals surface area contributed by atoms with Crippen molar-refractivity contribution in [3.8, 4) is 0 Å². The van der Waals surface area contributed by atoms with Crippen LogP contribution in [0.4, 0.5) is 8.78 Å². The van der Waals surface area contributed by atoms with Crippen LogP contribution in [0.15, 0.2) is 44.5 Å². The Morgan fingerprint density at radius 1 is 1.08 bits per heavy atom. The molecule has 0 saturated heterocycles. The Morgan fingerprint density at radius 3 is 2.64 bits per heavy atom. The molecule has 25 heavy (non-hydrogen) atoms. The van der Waals surface area contributed by atoms with Crippen molar-refractivity contribution in [2.45, 2.75) is 29.7 Å². The molecule has 1 N–H and O–H groups in total. The third kappa shape index (κ3) is 2.54. The van der Waals surface area contributed by atoms with Crippen LogP contribution in [0.5, 0.6) is 0 Å². The Morgan fingerprint density at radius 2 is 1.88 bits per heavy atom. The van der Waals surface area contributed by atoms with E-state index in [0.29, 0.717) is 23.8 Å². The van der Waals surface area contributed by atoms with Gasteiger partial charge in [0.05, 0.1) is 9.79 Å². The Hall–Kier alpha value is -2.25. The molecule has 7 heteroatoms. The number of halogens is 2. The lowest BCUT2D eigenvalue weighted by atomic mass is 10.0. The fourth-order valence-corrected chi connectivity index (χ4v) is 4.56. The molecule has 1 aromatic heterocycles. The first-order valence-corrected chi connectivity index (χ1v) is 9.32. The van der Waals surface area contributed by atoms with Crippen molar-refractivity contribution in [2.24, 2.45) is 0 Å². The van der Waals surface area contributed by atoms with Gasteiger partial charge in [0.1, 0.15) is 11.3 Å². The van der Waals surface area contributed by atoms with Crippen LogP contribution in [0.1, 0.15) is 16.9 Å². The first-order valence-electron chi connectivity index (χ1n) is 7.83. The lowest BCUT2D eigenvalue weighted by molar-refractivity contribution is 0.499. The maximum atomic E-state index is 13.5. The zero-order chi connectivity index (χ0) is 17.8. The summed E-state index contributed by atoms with van der Waals surface area (Å²) in [5.74, 6) is -1.41. The molecule has 0 aliphatic carbocycles. The summed E-state index contributed by atoms with van der Waals surface area (Å²) < 4.78 is 58.2. The smallest absolute Gasteiger partial charge is 0.206 e. The summed E-state index contributed by atoms with van der Waals surface area (Å²) in [6.45, 7) is 3.19. The summed E-state index contributed by atoms with van der Waals surface area (Å²) in [6.07, 6.45) is 0.745. The van der Waals surface area contributed by atoms with Gasteiger partial charge in [-0.25, -0.2) is 17.2 Å². The summed E-state index contributed by atoms with van der Waals surface area (Å²) in [5, 5.41) is 3.98. The highest BCUT2D eigenvalue weighted by Crippen LogP contribution is 2.34. The topological polar surface area (TPSA) is 59.3 Å². The molecule has 0 radical (unpaired) electrons. The van der Waals surface area contributed by atoms with E-state index in [1.54, 1.807) is 13.0 Å². The Labute approximate surface area is 143 Å². The molecule has 0 amide bonds. The van der Waals surface area contributed by atoms with Crippen LogP contribution in [0.25, 0.3) is 11.0 Å². The highest BCUT2D eigenvalue weighted by molar-refractivity contribution is 7.91. The van der Waals surface area contributed by atoms with E-state index >= 15 is 0 Å². The van der Waals surface area contributed by atoms with Crippen molar-refractivity contribution in [2.75, 3.05) is 6.54 Å². The van der Waals surface area contributed by atoms with Crippen molar-refractivity contribution >= 4 is 20.8 Å². The van der Waals surface area contributed by atoms with Gasteiger partial charge in [-0.05, 0) is 42.8 Å². The number of hydrogen-bond acceptors (Lipinski definition) is 4. The van der Waals surface area contributed by atoms with E-state index in [4.69, 9.17) is 4.42 Å². The summed E-state index contributed by atoms with van der Waals surface area (Å²) in [6, 6.07) is 5.64. The lowest BCUT2D eigenvalue weighted by Gasteiger charge is -2.11. The van der Waals surface area contributed by atoms with Crippen molar-refractivity contribution in [1.29, 1.82) is 0 Å².